The number of hydrogen-bond acceptors (Lipinski definition) is 8. The third-order valence-electron chi connectivity index (χ3n) is 9.48. The van der Waals surface area contributed by atoms with Crippen molar-refractivity contribution in [3.8, 4) is 0 Å². The van der Waals surface area contributed by atoms with Gasteiger partial charge in [0.05, 0.1) is 6.04 Å². The van der Waals surface area contributed by atoms with Crippen LogP contribution in [0.25, 0.3) is 0 Å². The van der Waals surface area contributed by atoms with Gasteiger partial charge in [0.15, 0.2) is 0 Å². The summed E-state index contributed by atoms with van der Waals surface area (Å²) in [5.41, 5.74) is 9.30. The smallest absolute Gasteiger partial charge is 0.437 e. The maximum atomic E-state index is 14.5. The fraction of sp³-hybridized carbons (Fsp3) is 0.356. The normalized spacial score (nSPS) is 16.0. The molecule has 5 rings (SSSR count). The van der Waals surface area contributed by atoms with Crippen molar-refractivity contribution in [2.24, 2.45) is 10.7 Å². The Bertz CT molecular complexity index is 1900. The van der Waals surface area contributed by atoms with Gasteiger partial charge in [-0.05, 0) is 62.3 Å². The van der Waals surface area contributed by atoms with Crippen LogP contribution in [-0.2, 0) is 32.2 Å². The molecule has 306 valence electrons. The number of benzene rings is 4. The number of nitrogens with two attached hydrogens (primary N) is 1. The molecule has 2 unspecified atom stereocenters. The average molecular weight is 791 g/mol. The minimum Gasteiger partial charge on any atom is -0.444 e. The van der Waals surface area contributed by atoms with Crippen LogP contribution in [0.3, 0.4) is 0 Å². The Kier molecular flexibility index (Phi) is 15.8. The number of rotatable bonds is 14. The molecule has 1 heterocycles. The second-order valence-electron chi connectivity index (χ2n) is 15.1. The topological polar surface area (TPSA) is 165 Å². The number of hydrogen-bond donors (Lipinski definition) is 3. The first-order chi connectivity index (χ1) is 27.9. The minimum atomic E-state index is -0.967. The molecular weight excluding hydrogens is 737 g/mol. The summed E-state index contributed by atoms with van der Waals surface area (Å²) in [6, 6.07) is 37.5. The Morgan fingerprint density at radius 3 is 1.93 bits per heavy atom. The number of alkyl carbamates (subject to hydrolysis) is 1. The van der Waals surface area contributed by atoms with Crippen LogP contribution >= 0.6 is 0 Å². The van der Waals surface area contributed by atoms with Crippen LogP contribution in [0.4, 0.5) is 14.4 Å². The number of nitrogens with zero attached hydrogens (tertiary/aromatic N) is 3. The highest BCUT2D eigenvalue weighted by molar-refractivity contribution is 5.98. The van der Waals surface area contributed by atoms with Crippen molar-refractivity contribution in [2.45, 2.75) is 76.9 Å². The molecule has 1 aliphatic heterocycles. The zero-order valence-electron chi connectivity index (χ0n) is 33.4. The summed E-state index contributed by atoms with van der Waals surface area (Å²) >= 11 is 0. The third-order valence-corrected chi connectivity index (χ3v) is 9.48. The molecule has 4 N–H and O–H groups in total. The van der Waals surface area contributed by atoms with E-state index in [1.54, 1.807) is 32.9 Å². The zero-order valence-corrected chi connectivity index (χ0v) is 33.4. The lowest BCUT2D eigenvalue weighted by atomic mass is 9.90. The van der Waals surface area contributed by atoms with E-state index < -0.39 is 35.9 Å². The van der Waals surface area contributed by atoms with E-state index in [-0.39, 0.29) is 57.0 Å². The number of ether oxygens (including phenoxy) is 3. The molecule has 0 bridgehead atoms. The summed E-state index contributed by atoms with van der Waals surface area (Å²) in [7, 11) is 0. The van der Waals surface area contributed by atoms with Crippen LogP contribution in [0, 0.1) is 0 Å². The maximum absolute atomic E-state index is 14.5. The average Bonchev–Trinajstić information content (AvgIpc) is 3.37. The van der Waals surface area contributed by atoms with E-state index in [0.29, 0.717) is 19.5 Å². The number of carbonyl (C=O) groups excluding carboxylic acids is 4. The quantitative estimate of drug-likeness (QED) is 0.0695. The van der Waals surface area contributed by atoms with Gasteiger partial charge in [-0.15, -0.1) is 4.99 Å². The van der Waals surface area contributed by atoms with Crippen molar-refractivity contribution in [3.63, 3.8) is 0 Å². The molecule has 1 fully saturated rings. The molecule has 4 amide bonds. The highest BCUT2D eigenvalue weighted by Gasteiger charge is 2.33. The number of aliphatic imine (C=N–C) groups is 1. The third kappa shape index (κ3) is 13.8. The van der Waals surface area contributed by atoms with Gasteiger partial charge in [-0.25, -0.2) is 19.3 Å². The lowest BCUT2D eigenvalue weighted by molar-refractivity contribution is -0.133. The Morgan fingerprint density at radius 1 is 0.845 bits per heavy atom. The van der Waals surface area contributed by atoms with Crippen molar-refractivity contribution < 1.29 is 33.4 Å². The van der Waals surface area contributed by atoms with Crippen LogP contribution < -0.4 is 16.4 Å². The van der Waals surface area contributed by atoms with Gasteiger partial charge >= 0.3 is 18.3 Å². The van der Waals surface area contributed by atoms with Crippen molar-refractivity contribution in [3.05, 3.63) is 144 Å². The van der Waals surface area contributed by atoms with Gasteiger partial charge in [0.25, 0.3) is 0 Å². The number of nitrogens with one attached hydrogen (secondary N) is 2. The van der Waals surface area contributed by atoms with Crippen LogP contribution in [-0.4, -0.2) is 83.8 Å². The number of amides is 4. The van der Waals surface area contributed by atoms with E-state index in [4.69, 9.17) is 19.9 Å². The fourth-order valence-corrected chi connectivity index (χ4v) is 6.60. The Labute approximate surface area is 340 Å². The van der Waals surface area contributed by atoms with Gasteiger partial charge in [-0.1, -0.05) is 121 Å². The SMILES string of the molecule is CC(C)(C)OC(=O)NCC1CCN(CC(c2ccccc2)c2ccccc2)C(=O)C(CCCN(C(=O)OCc2ccccc2)/C(N)=N\C(=O)OCc2ccccc2)N1. The van der Waals surface area contributed by atoms with Gasteiger partial charge in [-0.3, -0.25) is 4.79 Å². The van der Waals surface area contributed by atoms with E-state index in [1.165, 1.54) is 0 Å². The largest absolute Gasteiger partial charge is 0.444 e. The molecule has 4 aromatic rings. The van der Waals surface area contributed by atoms with E-state index in [1.807, 2.05) is 89.8 Å². The van der Waals surface area contributed by atoms with Gasteiger partial charge in [-0.2, -0.15) is 0 Å². The summed E-state index contributed by atoms with van der Waals surface area (Å²) in [4.78, 5) is 60.2. The molecule has 4 aromatic carbocycles. The molecule has 2 atom stereocenters. The van der Waals surface area contributed by atoms with Crippen LogP contribution in [0.15, 0.2) is 126 Å². The molecule has 0 saturated carbocycles. The van der Waals surface area contributed by atoms with E-state index in [2.05, 4.69) is 39.9 Å². The summed E-state index contributed by atoms with van der Waals surface area (Å²) < 4.78 is 16.3. The first kappa shape index (κ1) is 42.9. The van der Waals surface area contributed by atoms with Crippen molar-refractivity contribution >= 4 is 30.1 Å². The second kappa shape index (κ2) is 21.4. The van der Waals surface area contributed by atoms with Crippen LogP contribution in [0.5, 0.6) is 0 Å². The molecule has 0 radical (unpaired) electrons. The van der Waals surface area contributed by atoms with Gasteiger partial charge in [0.2, 0.25) is 11.9 Å². The molecule has 58 heavy (non-hydrogen) atoms. The Morgan fingerprint density at radius 2 is 1.38 bits per heavy atom. The van der Waals surface area contributed by atoms with Gasteiger partial charge < -0.3 is 35.5 Å². The Balaban J connectivity index is 1.33. The highest BCUT2D eigenvalue weighted by Crippen LogP contribution is 2.27. The van der Waals surface area contributed by atoms with Crippen LogP contribution in [0.1, 0.15) is 68.2 Å². The molecule has 1 saturated heterocycles. The lowest BCUT2D eigenvalue weighted by Crippen LogP contribution is -2.50. The van der Waals surface area contributed by atoms with E-state index in [0.717, 1.165) is 27.2 Å². The van der Waals surface area contributed by atoms with Crippen molar-refractivity contribution in [2.75, 3.05) is 26.2 Å². The molecule has 13 heteroatoms. The standard InChI is InChI=1S/C45H54N6O7/c1-45(2,3)58-42(53)47-29-37-26-28-50(30-38(35-21-12-6-13-22-35)36-23-14-7-15-24-36)40(52)39(48-37)25-16-27-51(44(55)57-32-34-19-10-5-11-20-34)41(46)49-43(54)56-31-33-17-8-4-9-18-33/h4-15,17-24,37-39,48H,16,25-32H2,1-3H3,(H,47,53)(H2,46,49,54). The molecule has 0 aromatic heterocycles. The first-order valence-corrected chi connectivity index (χ1v) is 19.6. The predicted octanol–water partition coefficient (Wildman–Crippen LogP) is 6.97. The van der Waals surface area contributed by atoms with Crippen molar-refractivity contribution in [1.82, 2.24) is 20.4 Å². The fourth-order valence-electron chi connectivity index (χ4n) is 6.60. The number of carbonyl (C=O) groups is 4. The minimum absolute atomic E-state index is 0.0160. The summed E-state index contributed by atoms with van der Waals surface area (Å²) in [5.74, 6) is -0.595. The van der Waals surface area contributed by atoms with Crippen molar-refractivity contribution in [1.29, 1.82) is 0 Å². The van der Waals surface area contributed by atoms with E-state index >= 15 is 0 Å². The predicted molar refractivity (Wildman–Crippen MR) is 222 cm³/mol. The summed E-state index contributed by atoms with van der Waals surface area (Å²) in [5, 5.41) is 6.33. The first-order valence-electron chi connectivity index (χ1n) is 19.6. The van der Waals surface area contributed by atoms with Gasteiger partial charge in [0, 0.05) is 38.1 Å². The molecule has 0 aliphatic carbocycles. The summed E-state index contributed by atoms with van der Waals surface area (Å²) in [6.45, 7) is 6.42. The zero-order chi connectivity index (χ0) is 41.3. The Hall–Kier alpha value is -6.21. The molecule has 13 nitrogen and oxygen atoms in total. The number of guanidine groups is 1. The van der Waals surface area contributed by atoms with Gasteiger partial charge in [0.1, 0.15) is 18.8 Å². The highest BCUT2D eigenvalue weighted by atomic mass is 16.6. The van der Waals surface area contributed by atoms with Crippen LogP contribution in [0.2, 0.25) is 0 Å². The molecule has 1 aliphatic rings. The molecule has 0 spiro atoms. The molecular formula is C45H54N6O7. The lowest BCUT2D eigenvalue weighted by Gasteiger charge is -2.30. The monoisotopic (exact) mass is 790 g/mol. The van der Waals surface area contributed by atoms with E-state index in [9.17, 15) is 19.2 Å². The summed E-state index contributed by atoms with van der Waals surface area (Å²) in [6.07, 6.45) is -1.20. The second-order valence-corrected chi connectivity index (χ2v) is 15.1. The maximum Gasteiger partial charge on any atom is 0.437 e.